The highest BCUT2D eigenvalue weighted by atomic mass is 32.1. The number of nitrogens with zero attached hydrogens (tertiary/aromatic N) is 2. The lowest BCUT2D eigenvalue weighted by atomic mass is 10.0. The molecule has 0 aliphatic carbocycles. The Morgan fingerprint density at radius 1 is 1.62 bits per heavy atom. The molecule has 1 atom stereocenters. The first-order valence-electron chi connectivity index (χ1n) is 6.88. The summed E-state index contributed by atoms with van der Waals surface area (Å²) in [6.45, 7) is 6.32. The average Bonchev–Trinajstić information content (AvgIpc) is 3.02. The second kappa shape index (κ2) is 6.32. The number of nitrogens with two attached hydrogens (primary N) is 1. The fraction of sp³-hybridized carbons (Fsp3) is 0.400. The van der Waals surface area contributed by atoms with Gasteiger partial charge >= 0.3 is 0 Å². The molecule has 0 aliphatic rings. The van der Waals surface area contributed by atoms with Crippen LogP contribution in [0.15, 0.2) is 6.58 Å². The van der Waals surface area contributed by atoms with E-state index in [1.54, 1.807) is 10.6 Å². The van der Waals surface area contributed by atoms with Crippen molar-refractivity contribution in [1.82, 2.24) is 9.55 Å². The molecule has 21 heavy (non-hydrogen) atoms. The highest BCUT2D eigenvalue weighted by Crippen LogP contribution is 2.31. The fourth-order valence-corrected chi connectivity index (χ4v) is 3.26. The van der Waals surface area contributed by atoms with Crippen LogP contribution >= 0.6 is 11.3 Å². The van der Waals surface area contributed by atoms with Gasteiger partial charge in [-0.25, -0.2) is 4.98 Å². The number of carbonyl (C=O) groups excluding carboxylic acids is 1. The van der Waals surface area contributed by atoms with E-state index in [1.165, 1.54) is 17.6 Å². The Morgan fingerprint density at radius 2 is 2.33 bits per heavy atom. The van der Waals surface area contributed by atoms with E-state index < -0.39 is 0 Å². The first-order chi connectivity index (χ1) is 10.0. The summed E-state index contributed by atoms with van der Waals surface area (Å²) in [4.78, 5) is 16.9. The molecule has 6 heteroatoms. The van der Waals surface area contributed by atoms with E-state index in [9.17, 15) is 4.79 Å². The third-order valence-corrected chi connectivity index (χ3v) is 4.70. The molecule has 0 aliphatic heterocycles. The van der Waals surface area contributed by atoms with E-state index >= 15 is 0 Å². The summed E-state index contributed by atoms with van der Waals surface area (Å²) in [5, 5.41) is 8.44. The molecule has 0 fully saturated rings. The minimum absolute atomic E-state index is 0.0432. The van der Waals surface area contributed by atoms with Crippen LogP contribution < -0.4 is 5.73 Å². The minimum Gasteiger partial charge on any atom is -0.330 e. The lowest BCUT2D eigenvalue weighted by Gasteiger charge is -2.08. The van der Waals surface area contributed by atoms with Crippen LogP contribution in [0.25, 0.3) is 16.4 Å². The van der Waals surface area contributed by atoms with Crippen molar-refractivity contribution in [2.75, 3.05) is 6.54 Å². The van der Waals surface area contributed by atoms with Gasteiger partial charge in [0.1, 0.15) is 5.01 Å². The van der Waals surface area contributed by atoms with Crippen LogP contribution in [0.3, 0.4) is 0 Å². The largest absolute Gasteiger partial charge is 0.330 e. The van der Waals surface area contributed by atoms with Crippen LogP contribution in [0, 0.1) is 11.3 Å². The normalized spacial score (nSPS) is 12.5. The first-order valence-corrected chi connectivity index (χ1v) is 7.70. The number of hydrogen-bond acceptors (Lipinski definition) is 5. The van der Waals surface area contributed by atoms with Gasteiger partial charge in [-0.3, -0.25) is 4.79 Å². The summed E-state index contributed by atoms with van der Waals surface area (Å²) in [6, 6.07) is 0. The molecule has 0 saturated carbocycles. The van der Waals surface area contributed by atoms with E-state index in [2.05, 4.69) is 11.6 Å². The third-order valence-electron chi connectivity index (χ3n) is 3.63. The zero-order valence-corrected chi connectivity index (χ0v) is 13.2. The van der Waals surface area contributed by atoms with Gasteiger partial charge in [0.05, 0.1) is 10.4 Å². The number of aromatic nitrogens is 2. The van der Waals surface area contributed by atoms with Crippen molar-refractivity contribution < 1.29 is 4.79 Å². The maximum atomic E-state index is 12.5. The van der Waals surface area contributed by atoms with Gasteiger partial charge in [-0.1, -0.05) is 13.5 Å². The average molecular weight is 304 g/mol. The molecule has 0 aromatic carbocycles. The van der Waals surface area contributed by atoms with Gasteiger partial charge in [0.25, 0.3) is 0 Å². The van der Waals surface area contributed by atoms with Gasteiger partial charge in [-0.15, -0.1) is 11.3 Å². The van der Waals surface area contributed by atoms with Crippen molar-refractivity contribution >= 4 is 39.8 Å². The Labute approximate surface area is 128 Å². The SMILES string of the molecule is C=Cc1nc2c(s1)c(C=N)c(C(=O)CCC(C)CN)n2C. The topological polar surface area (TPSA) is 84.8 Å². The van der Waals surface area contributed by atoms with Crippen LogP contribution in [0.1, 0.15) is 40.8 Å². The molecule has 1 unspecified atom stereocenters. The molecule has 3 N–H and O–H groups in total. The summed E-state index contributed by atoms with van der Waals surface area (Å²) in [5.41, 5.74) is 7.55. The lowest BCUT2D eigenvalue weighted by Crippen LogP contribution is -2.14. The summed E-state index contributed by atoms with van der Waals surface area (Å²) < 4.78 is 2.66. The first kappa shape index (κ1) is 15.6. The smallest absolute Gasteiger partial charge is 0.179 e. The number of hydrogen-bond donors (Lipinski definition) is 2. The van der Waals surface area contributed by atoms with E-state index in [4.69, 9.17) is 11.1 Å². The number of fused-ring (bicyclic) bond motifs is 1. The van der Waals surface area contributed by atoms with Gasteiger partial charge < -0.3 is 15.7 Å². The Hall–Kier alpha value is -1.79. The number of Topliss-reactive ketones (excluding diaryl/α,β-unsaturated/α-hetero) is 1. The summed E-state index contributed by atoms with van der Waals surface area (Å²) >= 11 is 1.46. The summed E-state index contributed by atoms with van der Waals surface area (Å²) in [5.74, 6) is 0.367. The predicted molar refractivity (Wildman–Crippen MR) is 88.4 cm³/mol. The van der Waals surface area contributed by atoms with E-state index in [0.717, 1.165) is 21.8 Å². The highest BCUT2D eigenvalue weighted by Gasteiger charge is 2.22. The van der Waals surface area contributed by atoms with Gasteiger partial charge in [0.15, 0.2) is 11.4 Å². The molecule has 2 heterocycles. The van der Waals surface area contributed by atoms with E-state index in [1.807, 2.05) is 14.0 Å². The number of rotatable bonds is 7. The summed E-state index contributed by atoms with van der Waals surface area (Å²) in [7, 11) is 1.82. The molecule has 2 rings (SSSR count). The molecule has 0 saturated heterocycles. The number of nitrogens with one attached hydrogen (secondary N) is 1. The van der Waals surface area contributed by atoms with Crippen molar-refractivity contribution in [2.45, 2.75) is 19.8 Å². The zero-order valence-electron chi connectivity index (χ0n) is 12.3. The zero-order chi connectivity index (χ0) is 15.6. The van der Waals surface area contributed by atoms with Gasteiger partial charge in [0.2, 0.25) is 0 Å². The Kier molecular flexibility index (Phi) is 4.69. The molecule has 5 nitrogen and oxygen atoms in total. The van der Waals surface area contributed by atoms with Crippen LogP contribution in [0.2, 0.25) is 0 Å². The van der Waals surface area contributed by atoms with Crippen molar-refractivity contribution in [3.05, 3.63) is 22.8 Å². The van der Waals surface area contributed by atoms with Crippen LogP contribution in [0.4, 0.5) is 0 Å². The molecule has 112 valence electrons. The molecule has 0 spiro atoms. The van der Waals surface area contributed by atoms with Gasteiger partial charge in [0, 0.05) is 25.2 Å². The van der Waals surface area contributed by atoms with Crippen molar-refractivity contribution in [3.8, 4) is 0 Å². The standard InChI is InChI=1S/C15H20N4OS/c1-4-12-18-15-14(21-12)10(8-17)13(19(15)3)11(20)6-5-9(2)7-16/h4,8-9,17H,1,5-7,16H2,2-3H3. The lowest BCUT2D eigenvalue weighted by molar-refractivity contribution is 0.0967. The number of thiazole rings is 1. The number of aryl methyl sites for hydroxylation is 1. The molecule has 2 aromatic rings. The predicted octanol–water partition coefficient (Wildman–Crippen LogP) is 2.83. The van der Waals surface area contributed by atoms with Crippen LogP contribution in [-0.4, -0.2) is 28.1 Å². The molecular formula is C15H20N4OS. The minimum atomic E-state index is 0.0432. The Bertz CT molecular complexity index is 698. The van der Waals surface area contributed by atoms with Crippen molar-refractivity contribution in [3.63, 3.8) is 0 Å². The maximum absolute atomic E-state index is 12.5. The Balaban J connectivity index is 2.41. The van der Waals surface area contributed by atoms with Crippen molar-refractivity contribution in [2.24, 2.45) is 18.7 Å². The van der Waals surface area contributed by atoms with Gasteiger partial charge in [-0.2, -0.15) is 0 Å². The second-order valence-corrected chi connectivity index (χ2v) is 6.21. The van der Waals surface area contributed by atoms with E-state index in [0.29, 0.717) is 30.1 Å². The monoisotopic (exact) mass is 304 g/mol. The Morgan fingerprint density at radius 3 is 2.90 bits per heavy atom. The van der Waals surface area contributed by atoms with Crippen molar-refractivity contribution in [1.29, 1.82) is 5.41 Å². The fourth-order valence-electron chi connectivity index (χ4n) is 2.30. The molecule has 0 bridgehead atoms. The van der Waals surface area contributed by atoms with E-state index in [-0.39, 0.29) is 5.78 Å². The number of ketones is 1. The van der Waals surface area contributed by atoms with Crippen LogP contribution in [0.5, 0.6) is 0 Å². The van der Waals surface area contributed by atoms with Crippen LogP contribution in [-0.2, 0) is 7.05 Å². The second-order valence-electron chi connectivity index (χ2n) is 5.18. The highest BCUT2D eigenvalue weighted by molar-refractivity contribution is 7.19. The maximum Gasteiger partial charge on any atom is 0.179 e. The quantitative estimate of drug-likeness (QED) is 0.609. The molecule has 2 aromatic heterocycles. The molecule has 0 amide bonds. The molecular weight excluding hydrogens is 284 g/mol. The third kappa shape index (κ3) is 2.82. The molecule has 0 radical (unpaired) electrons. The summed E-state index contributed by atoms with van der Waals surface area (Å²) in [6.07, 6.45) is 4.13. The van der Waals surface area contributed by atoms with Gasteiger partial charge in [-0.05, 0) is 25.0 Å². The number of carbonyl (C=O) groups is 1.